The van der Waals surface area contributed by atoms with Crippen molar-refractivity contribution in [2.75, 3.05) is 46.8 Å². The minimum absolute atomic E-state index is 0.109. The van der Waals surface area contributed by atoms with Crippen LogP contribution in [0.4, 0.5) is 9.18 Å². The summed E-state index contributed by atoms with van der Waals surface area (Å²) >= 11 is 0. The number of carbonyl (C=O) groups excluding carboxylic acids is 3. The number of halogens is 1. The lowest BCUT2D eigenvalue weighted by atomic mass is 9.81. The molecule has 2 atom stereocenters. The zero-order valence-electron chi connectivity index (χ0n) is 19.8. The van der Waals surface area contributed by atoms with Gasteiger partial charge >= 0.3 is 6.03 Å². The van der Waals surface area contributed by atoms with Crippen LogP contribution in [0, 0.1) is 17.7 Å². The number of likely N-dealkylation sites (tertiary alicyclic amines) is 1. The molecule has 1 fully saturated rings. The van der Waals surface area contributed by atoms with E-state index in [0.29, 0.717) is 44.6 Å². The third kappa shape index (κ3) is 7.29. The molecule has 8 heteroatoms. The van der Waals surface area contributed by atoms with E-state index in [1.807, 2.05) is 6.92 Å². The van der Waals surface area contributed by atoms with Crippen LogP contribution in [-0.2, 0) is 4.79 Å². The maximum Gasteiger partial charge on any atom is 0.324 e. The van der Waals surface area contributed by atoms with Gasteiger partial charge in [0.25, 0.3) is 5.91 Å². The monoisotopic (exact) mass is 449 g/mol. The highest BCUT2D eigenvalue weighted by Crippen LogP contribution is 2.30. The molecule has 0 saturated carbocycles. The molecule has 1 aromatic rings. The van der Waals surface area contributed by atoms with Crippen LogP contribution in [0.25, 0.3) is 0 Å². The van der Waals surface area contributed by atoms with Gasteiger partial charge in [0.05, 0.1) is 20.6 Å². The van der Waals surface area contributed by atoms with Gasteiger partial charge in [-0.05, 0) is 49.4 Å². The van der Waals surface area contributed by atoms with Crippen LogP contribution in [0.3, 0.4) is 0 Å². The molecule has 7 nitrogen and oxygen atoms in total. The van der Waals surface area contributed by atoms with E-state index in [0.717, 1.165) is 19.4 Å². The summed E-state index contributed by atoms with van der Waals surface area (Å²) in [6.45, 7) is 6.82. The molecule has 2 N–H and O–H groups in total. The minimum atomic E-state index is -0.367. The number of urea groups is 1. The topological polar surface area (TPSA) is 74.2 Å². The molecule has 1 aliphatic rings. The average Bonchev–Trinajstić information content (AvgIpc) is 2.77. The summed E-state index contributed by atoms with van der Waals surface area (Å²) in [5.41, 5.74) is 0.473. The van der Waals surface area contributed by atoms with Crippen molar-refractivity contribution >= 4 is 17.8 Å². The number of hydrogen-bond donors (Lipinski definition) is 2. The van der Waals surface area contributed by atoms with Crippen LogP contribution in [0.5, 0.6) is 0 Å². The van der Waals surface area contributed by atoms with E-state index in [2.05, 4.69) is 26.3 Å². The number of benzene rings is 1. The van der Waals surface area contributed by atoms with Crippen molar-refractivity contribution in [3.8, 4) is 0 Å². The van der Waals surface area contributed by atoms with Gasteiger partial charge in [0, 0.05) is 44.6 Å². The van der Waals surface area contributed by atoms with E-state index in [1.165, 1.54) is 34.1 Å². The van der Waals surface area contributed by atoms with Gasteiger partial charge < -0.3 is 15.1 Å². The fraction of sp³-hybridized carbons (Fsp3) is 0.625. The summed E-state index contributed by atoms with van der Waals surface area (Å²) in [4.78, 5) is 42.6. The van der Waals surface area contributed by atoms with Crippen molar-refractivity contribution in [2.45, 2.75) is 39.5 Å². The highest BCUT2D eigenvalue weighted by atomic mass is 19.1. The SMILES string of the molecule is CC[C@H]1CN(C(=O)c2ccc(F)cc2)CC[C@H]1CC(=O)N(CC)C(=O)NCCC[NH+](C)C. The highest BCUT2D eigenvalue weighted by molar-refractivity contribution is 5.95. The zero-order valence-corrected chi connectivity index (χ0v) is 19.8. The number of imide groups is 1. The third-order valence-electron chi connectivity index (χ3n) is 6.22. The Balaban J connectivity index is 1.91. The number of rotatable bonds is 9. The van der Waals surface area contributed by atoms with Gasteiger partial charge in [-0.3, -0.25) is 14.5 Å². The Bertz CT molecular complexity index is 769. The number of quaternary nitrogens is 1. The Labute approximate surface area is 190 Å². The molecule has 0 spiro atoms. The lowest BCUT2D eigenvalue weighted by molar-refractivity contribution is -0.858. The van der Waals surface area contributed by atoms with E-state index < -0.39 is 0 Å². The summed E-state index contributed by atoms with van der Waals surface area (Å²) in [6, 6.07) is 5.27. The fourth-order valence-electron chi connectivity index (χ4n) is 4.27. The molecule has 1 heterocycles. The van der Waals surface area contributed by atoms with E-state index in [1.54, 1.807) is 4.90 Å². The van der Waals surface area contributed by atoms with Crippen LogP contribution in [0.1, 0.15) is 49.9 Å². The van der Waals surface area contributed by atoms with Gasteiger partial charge in [-0.15, -0.1) is 0 Å². The summed E-state index contributed by atoms with van der Waals surface area (Å²) < 4.78 is 13.2. The zero-order chi connectivity index (χ0) is 23.7. The van der Waals surface area contributed by atoms with Crippen LogP contribution in [0.2, 0.25) is 0 Å². The van der Waals surface area contributed by atoms with Crippen LogP contribution >= 0.6 is 0 Å². The predicted octanol–water partition coefficient (Wildman–Crippen LogP) is 1.80. The van der Waals surface area contributed by atoms with Crippen molar-refractivity contribution in [1.29, 1.82) is 0 Å². The maximum absolute atomic E-state index is 13.2. The van der Waals surface area contributed by atoms with Crippen LogP contribution in [-0.4, -0.2) is 74.5 Å². The smallest absolute Gasteiger partial charge is 0.324 e. The summed E-state index contributed by atoms with van der Waals surface area (Å²) in [7, 11) is 4.12. The fourth-order valence-corrected chi connectivity index (χ4v) is 4.27. The van der Waals surface area contributed by atoms with Crippen LogP contribution < -0.4 is 10.2 Å². The maximum atomic E-state index is 13.2. The van der Waals surface area contributed by atoms with Gasteiger partial charge in [-0.2, -0.15) is 0 Å². The largest absolute Gasteiger partial charge is 0.340 e. The molecular weight excluding hydrogens is 411 g/mol. The van der Waals surface area contributed by atoms with Gasteiger partial charge in [0.15, 0.2) is 0 Å². The Morgan fingerprint density at radius 2 is 1.84 bits per heavy atom. The Morgan fingerprint density at radius 3 is 2.44 bits per heavy atom. The predicted molar refractivity (Wildman–Crippen MR) is 122 cm³/mol. The van der Waals surface area contributed by atoms with E-state index in [9.17, 15) is 18.8 Å². The van der Waals surface area contributed by atoms with Gasteiger partial charge in [0.1, 0.15) is 5.82 Å². The van der Waals surface area contributed by atoms with Gasteiger partial charge in [-0.25, -0.2) is 9.18 Å². The molecule has 0 bridgehead atoms. The number of hydrogen-bond acceptors (Lipinski definition) is 3. The third-order valence-corrected chi connectivity index (χ3v) is 6.22. The van der Waals surface area contributed by atoms with Crippen molar-refractivity contribution in [1.82, 2.24) is 15.1 Å². The summed E-state index contributed by atoms with van der Waals surface area (Å²) in [6.07, 6.45) is 2.72. The number of carbonyl (C=O) groups is 3. The second-order valence-corrected chi connectivity index (χ2v) is 8.86. The Hall–Kier alpha value is -2.48. The molecule has 0 aromatic heterocycles. The number of piperidine rings is 1. The molecule has 178 valence electrons. The molecule has 0 unspecified atom stereocenters. The van der Waals surface area contributed by atoms with Crippen molar-refractivity contribution in [2.24, 2.45) is 11.8 Å². The molecule has 1 saturated heterocycles. The lowest BCUT2D eigenvalue weighted by Crippen LogP contribution is -3.05. The van der Waals surface area contributed by atoms with E-state index >= 15 is 0 Å². The second-order valence-electron chi connectivity index (χ2n) is 8.86. The molecule has 4 amide bonds. The Morgan fingerprint density at radius 1 is 1.16 bits per heavy atom. The molecule has 32 heavy (non-hydrogen) atoms. The first-order chi connectivity index (χ1) is 15.3. The molecular formula is C24H38FN4O3+. The summed E-state index contributed by atoms with van der Waals surface area (Å²) in [5.74, 6) is -0.327. The lowest BCUT2D eigenvalue weighted by Gasteiger charge is -2.38. The summed E-state index contributed by atoms with van der Waals surface area (Å²) in [5, 5.41) is 2.85. The van der Waals surface area contributed by atoms with Crippen molar-refractivity contribution in [3.05, 3.63) is 35.6 Å². The van der Waals surface area contributed by atoms with Gasteiger partial charge in [-0.1, -0.05) is 13.3 Å². The number of nitrogens with one attached hydrogen (secondary N) is 2. The van der Waals surface area contributed by atoms with Gasteiger partial charge in [0.2, 0.25) is 5.91 Å². The van der Waals surface area contributed by atoms with Crippen molar-refractivity contribution < 1.29 is 23.7 Å². The molecule has 0 radical (unpaired) electrons. The standard InChI is InChI=1S/C24H37FN4O3/c1-5-18-17-28(23(31)19-8-10-21(25)11-9-19)15-12-20(18)16-22(30)29(6-2)24(32)26-13-7-14-27(3)4/h8-11,18,20H,5-7,12-17H2,1-4H3,(H,26,32)/p+1/t18-,20-/m0/s1. The first-order valence-corrected chi connectivity index (χ1v) is 11.7. The van der Waals surface area contributed by atoms with Crippen LogP contribution in [0.15, 0.2) is 24.3 Å². The van der Waals surface area contributed by atoms with E-state index in [-0.39, 0.29) is 35.5 Å². The average molecular weight is 450 g/mol. The molecule has 1 aromatic carbocycles. The van der Waals surface area contributed by atoms with E-state index in [4.69, 9.17) is 0 Å². The normalized spacial score (nSPS) is 18.5. The number of nitrogens with zero attached hydrogens (tertiary/aromatic N) is 2. The first kappa shape index (κ1) is 25.8. The minimum Gasteiger partial charge on any atom is -0.340 e. The molecule has 2 rings (SSSR count). The first-order valence-electron chi connectivity index (χ1n) is 11.7. The molecule has 1 aliphatic heterocycles. The number of amides is 4. The quantitative estimate of drug-likeness (QED) is 0.565. The highest BCUT2D eigenvalue weighted by Gasteiger charge is 2.33. The second kappa shape index (κ2) is 12.5. The Kier molecular flexibility index (Phi) is 10.1. The molecule has 0 aliphatic carbocycles. The van der Waals surface area contributed by atoms with Crippen molar-refractivity contribution in [3.63, 3.8) is 0 Å².